The lowest BCUT2D eigenvalue weighted by atomic mass is 9.87. The van der Waals surface area contributed by atoms with Crippen molar-refractivity contribution in [2.45, 2.75) is 20.8 Å². The van der Waals surface area contributed by atoms with Gasteiger partial charge in [0.05, 0.1) is 11.8 Å². The molecule has 0 saturated heterocycles. The Morgan fingerprint density at radius 3 is 2.44 bits per heavy atom. The highest BCUT2D eigenvalue weighted by Gasteiger charge is 2.26. The summed E-state index contributed by atoms with van der Waals surface area (Å²) in [6.45, 7) is 5.55. The van der Waals surface area contributed by atoms with Gasteiger partial charge in [-0.1, -0.05) is 32.9 Å². The van der Waals surface area contributed by atoms with E-state index in [4.69, 9.17) is 0 Å². The van der Waals surface area contributed by atoms with Gasteiger partial charge in [-0.3, -0.25) is 4.79 Å². The molecule has 0 atom stereocenters. The van der Waals surface area contributed by atoms with E-state index in [1.165, 1.54) is 20.2 Å². The van der Waals surface area contributed by atoms with Gasteiger partial charge in [0.25, 0.3) is 10.0 Å². The molecule has 0 aliphatic rings. The number of carbonyl (C=O) groups excluding carboxylic acids is 1. The predicted molar refractivity (Wildman–Crippen MR) is 124 cm³/mol. The van der Waals surface area contributed by atoms with Crippen LogP contribution in [0.3, 0.4) is 0 Å². The van der Waals surface area contributed by atoms with Gasteiger partial charge in [0.2, 0.25) is 0 Å². The van der Waals surface area contributed by atoms with Crippen LogP contribution in [0.2, 0.25) is 0 Å². The molecular weight excluding hydrogens is 428 g/mol. The number of Topliss-reactive ketones (excluding diaryl/α,β-unsaturated/α-hetero) is 1. The average molecular weight is 453 g/mol. The maximum Gasteiger partial charge on any atom is 0.252 e. The number of nitriles is 1. The van der Waals surface area contributed by atoms with Crippen LogP contribution < -0.4 is 5.32 Å². The maximum atomic E-state index is 12.7. The molecule has 10 heteroatoms. The molecule has 0 bridgehead atoms. The summed E-state index contributed by atoms with van der Waals surface area (Å²) in [5.41, 5.74) is 2.19. The van der Waals surface area contributed by atoms with Crippen molar-refractivity contribution in [2.24, 2.45) is 5.41 Å². The normalized spacial score (nSPS) is 12.7. The van der Waals surface area contributed by atoms with Crippen molar-refractivity contribution >= 4 is 44.6 Å². The van der Waals surface area contributed by atoms with E-state index < -0.39 is 15.4 Å². The number of fused-ring (bicyclic) bond motifs is 1. The highest BCUT2D eigenvalue weighted by molar-refractivity contribution is 7.93. The van der Waals surface area contributed by atoms with Crippen LogP contribution in [-0.4, -0.2) is 47.6 Å². The molecule has 3 rings (SSSR count). The number of benzene rings is 1. The van der Waals surface area contributed by atoms with Crippen LogP contribution >= 0.6 is 0 Å². The summed E-state index contributed by atoms with van der Waals surface area (Å²) >= 11 is 0. The molecule has 0 radical (unpaired) electrons. The molecule has 166 valence electrons. The fraction of sp³-hybridized carbons (Fsp3) is 0.273. The number of carbonyl (C=O) groups is 1. The molecule has 0 fully saturated rings. The molecule has 2 N–H and O–H groups in total. The van der Waals surface area contributed by atoms with Crippen molar-refractivity contribution in [3.63, 3.8) is 0 Å². The number of aromatic amines is 1. The zero-order valence-electron chi connectivity index (χ0n) is 18.5. The first-order valence-electron chi connectivity index (χ1n) is 9.74. The molecule has 0 unspecified atom stereocenters. The number of ketones is 1. The van der Waals surface area contributed by atoms with Crippen LogP contribution in [0, 0.1) is 16.7 Å². The minimum atomic E-state index is -3.81. The number of anilines is 2. The van der Waals surface area contributed by atoms with Crippen molar-refractivity contribution in [1.82, 2.24) is 19.3 Å². The first-order chi connectivity index (χ1) is 14.9. The summed E-state index contributed by atoms with van der Waals surface area (Å²) in [6.07, 6.45) is 4.49. The number of H-pyrrole nitrogens is 1. The lowest BCUT2D eigenvalue weighted by Crippen LogP contribution is -2.23. The number of hydrogen-bond donors (Lipinski definition) is 2. The first kappa shape index (κ1) is 23.1. The minimum absolute atomic E-state index is 0.0349. The lowest BCUT2D eigenvalue weighted by Gasteiger charge is -2.15. The Labute approximate surface area is 186 Å². The summed E-state index contributed by atoms with van der Waals surface area (Å²) in [4.78, 5) is 24.2. The molecule has 3 aromatic rings. The van der Waals surface area contributed by atoms with Gasteiger partial charge < -0.3 is 10.3 Å². The second-order valence-corrected chi connectivity index (χ2v) is 10.5. The zero-order chi connectivity index (χ0) is 23.7. The molecule has 0 spiro atoms. The molecule has 0 aliphatic carbocycles. The second-order valence-electron chi connectivity index (χ2n) is 8.39. The maximum absolute atomic E-state index is 12.7. The Hall–Kier alpha value is -3.55. The monoisotopic (exact) mass is 452 g/mol. The van der Waals surface area contributed by atoms with E-state index in [9.17, 15) is 18.5 Å². The number of hydrogen-bond acceptors (Lipinski definition) is 7. The van der Waals surface area contributed by atoms with E-state index in [0.29, 0.717) is 33.8 Å². The number of allylic oxidation sites excluding steroid dienone is 1. The number of aromatic nitrogens is 3. The zero-order valence-corrected chi connectivity index (χ0v) is 19.3. The molecule has 0 saturated carbocycles. The van der Waals surface area contributed by atoms with Crippen molar-refractivity contribution < 1.29 is 13.2 Å². The lowest BCUT2D eigenvalue weighted by molar-refractivity contribution is 0.0860. The van der Waals surface area contributed by atoms with Crippen LogP contribution in [0.5, 0.6) is 0 Å². The van der Waals surface area contributed by atoms with Crippen LogP contribution in [-0.2, 0) is 10.0 Å². The van der Waals surface area contributed by atoms with Crippen LogP contribution in [0.1, 0.15) is 36.7 Å². The first-order valence-corrected chi connectivity index (χ1v) is 11.2. The summed E-state index contributed by atoms with van der Waals surface area (Å²) in [5.74, 6) is 0.420. The van der Waals surface area contributed by atoms with E-state index in [1.807, 2.05) is 20.8 Å². The van der Waals surface area contributed by atoms with Gasteiger partial charge in [-0.05, 0) is 23.8 Å². The molecule has 1 aromatic carbocycles. The van der Waals surface area contributed by atoms with E-state index in [0.717, 1.165) is 4.31 Å². The van der Waals surface area contributed by atoms with Gasteiger partial charge in [-0.25, -0.2) is 22.7 Å². The van der Waals surface area contributed by atoms with Crippen molar-refractivity contribution in [3.05, 3.63) is 52.7 Å². The summed E-state index contributed by atoms with van der Waals surface area (Å²) < 4.78 is 25.3. The van der Waals surface area contributed by atoms with Crippen LogP contribution in [0.4, 0.5) is 11.5 Å². The minimum Gasteiger partial charge on any atom is -0.344 e. The highest BCUT2D eigenvalue weighted by Crippen LogP contribution is 2.26. The van der Waals surface area contributed by atoms with Crippen molar-refractivity contribution in [1.29, 1.82) is 5.26 Å². The molecule has 32 heavy (non-hydrogen) atoms. The summed E-state index contributed by atoms with van der Waals surface area (Å²) in [5, 5.41) is 12.3. The van der Waals surface area contributed by atoms with Crippen molar-refractivity contribution in [3.8, 4) is 6.07 Å². The Balaban J connectivity index is 1.87. The quantitative estimate of drug-likeness (QED) is 0.430. The largest absolute Gasteiger partial charge is 0.344 e. The number of rotatable bonds is 6. The van der Waals surface area contributed by atoms with Gasteiger partial charge in [-0.15, -0.1) is 0 Å². The Kier molecular flexibility index (Phi) is 6.16. The van der Waals surface area contributed by atoms with E-state index in [2.05, 4.69) is 20.3 Å². The van der Waals surface area contributed by atoms with Gasteiger partial charge in [0.1, 0.15) is 17.4 Å². The standard InChI is InChI=1S/C22H24N6O3S/c1-22(2,3)20(29)17-12-24-21-19(17)27-18(13-25-21)26-15-8-6-14(7-9-15)10-16(11-23)32(30,31)28(4)5/h6-10,12-13H,1-5H3,(H,24,25)(H,26,27)/b16-10+. The van der Waals surface area contributed by atoms with E-state index >= 15 is 0 Å². The fourth-order valence-electron chi connectivity index (χ4n) is 2.85. The SMILES string of the molecule is CN(C)S(=O)(=O)/C(C#N)=C/c1ccc(Nc2cnc3[nH]cc(C(=O)C(C)(C)C)c3n2)cc1. The van der Waals surface area contributed by atoms with E-state index in [1.54, 1.807) is 42.7 Å². The van der Waals surface area contributed by atoms with Gasteiger partial charge >= 0.3 is 0 Å². The Morgan fingerprint density at radius 2 is 1.88 bits per heavy atom. The van der Waals surface area contributed by atoms with Gasteiger partial charge in [-0.2, -0.15) is 5.26 Å². The third kappa shape index (κ3) is 4.69. The fourth-order valence-corrected chi connectivity index (χ4v) is 3.65. The number of sulfonamides is 1. The topological polar surface area (TPSA) is 132 Å². The number of nitrogens with zero attached hydrogens (tertiary/aromatic N) is 4. The predicted octanol–water partition coefficient (Wildman–Crippen LogP) is 3.69. The van der Waals surface area contributed by atoms with E-state index in [-0.39, 0.29) is 10.7 Å². The number of nitrogens with one attached hydrogen (secondary N) is 2. The summed E-state index contributed by atoms with van der Waals surface area (Å²) in [6, 6.07) is 8.56. The summed E-state index contributed by atoms with van der Waals surface area (Å²) in [7, 11) is -1.07. The molecular formula is C22H24N6O3S. The molecule has 2 aromatic heterocycles. The Bertz CT molecular complexity index is 1340. The highest BCUT2D eigenvalue weighted by atomic mass is 32.2. The smallest absolute Gasteiger partial charge is 0.252 e. The molecule has 0 amide bonds. The molecule has 0 aliphatic heterocycles. The van der Waals surface area contributed by atoms with Crippen molar-refractivity contribution in [2.75, 3.05) is 19.4 Å². The molecule has 9 nitrogen and oxygen atoms in total. The van der Waals surface area contributed by atoms with Crippen LogP contribution in [0.25, 0.3) is 17.2 Å². The van der Waals surface area contributed by atoms with Gasteiger partial charge in [0, 0.05) is 31.4 Å². The second kappa shape index (κ2) is 8.53. The molecule has 2 heterocycles. The van der Waals surface area contributed by atoms with Crippen LogP contribution in [0.15, 0.2) is 41.6 Å². The van der Waals surface area contributed by atoms with Gasteiger partial charge in [0.15, 0.2) is 16.3 Å². The third-order valence-corrected chi connectivity index (χ3v) is 6.38. The third-order valence-electron chi connectivity index (χ3n) is 4.66. The Morgan fingerprint density at radius 1 is 1.22 bits per heavy atom. The average Bonchev–Trinajstić information content (AvgIpc) is 3.14.